The predicted molar refractivity (Wildman–Crippen MR) is 129 cm³/mol. The molecule has 2 amide bonds. The quantitative estimate of drug-likeness (QED) is 0.559. The maximum Gasteiger partial charge on any atom is 0.259 e. The number of hydrogen-bond acceptors (Lipinski definition) is 4. The van der Waals surface area contributed by atoms with Gasteiger partial charge in [-0.25, -0.2) is 5.01 Å². The normalized spacial score (nSPS) is 14.8. The van der Waals surface area contributed by atoms with E-state index in [2.05, 4.69) is 10.3 Å². The van der Waals surface area contributed by atoms with Gasteiger partial charge in [0, 0.05) is 53.6 Å². The van der Waals surface area contributed by atoms with Gasteiger partial charge in [0.05, 0.1) is 0 Å². The van der Waals surface area contributed by atoms with Gasteiger partial charge < -0.3 is 10.3 Å². The zero-order valence-corrected chi connectivity index (χ0v) is 19.3. The zero-order valence-electron chi connectivity index (χ0n) is 18.5. The number of amides is 2. The number of hydrazine groups is 1. The summed E-state index contributed by atoms with van der Waals surface area (Å²) in [4.78, 5) is 41.8. The molecule has 1 atom stereocenters. The Morgan fingerprint density at radius 2 is 1.82 bits per heavy atom. The smallest absolute Gasteiger partial charge is 0.259 e. The number of para-hydroxylation sites is 1. The lowest BCUT2D eigenvalue weighted by molar-refractivity contribution is -0.149. The third-order valence-corrected chi connectivity index (χ3v) is 6.20. The first-order chi connectivity index (χ1) is 16.0. The lowest BCUT2D eigenvalue weighted by Gasteiger charge is -2.34. The number of likely N-dealkylation sites (N-methyl/N-ethyl adjacent to an activating group) is 1. The Morgan fingerprint density at radius 3 is 2.52 bits per heavy atom. The summed E-state index contributed by atoms with van der Waals surface area (Å²) in [5.74, 6) is -0.553. The maximum absolute atomic E-state index is 13.7. The number of rotatable bonds is 7. The van der Waals surface area contributed by atoms with E-state index in [0.29, 0.717) is 28.2 Å². The predicted octanol–water partition coefficient (Wildman–Crippen LogP) is 3.38. The van der Waals surface area contributed by atoms with Crippen molar-refractivity contribution < 1.29 is 9.59 Å². The second-order valence-corrected chi connectivity index (χ2v) is 8.59. The molecule has 3 aromatic rings. The monoisotopic (exact) mass is 466 g/mol. The Balaban J connectivity index is 1.67. The van der Waals surface area contributed by atoms with Crippen molar-refractivity contribution in [2.24, 2.45) is 0 Å². The van der Waals surface area contributed by atoms with Crippen LogP contribution in [0, 0.1) is 0 Å². The van der Waals surface area contributed by atoms with Crippen molar-refractivity contribution in [1.29, 1.82) is 0 Å². The summed E-state index contributed by atoms with van der Waals surface area (Å²) < 4.78 is 0. The molecule has 7 nitrogen and oxygen atoms in total. The number of hydrogen-bond donors (Lipinski definition) is 2. The van der Waals surface area contributed by atoms with Gasteiger partial charge in [-0.1, -0.05) is 29.8 Å². The lowest BCUT2D eigenvalue weighted by atomic mass is 10.0. The first kappa shape index (κ1) is 23.0. The zero-order chi connectivity index (χ0) is 23.4. The molecule has 0 aliphatic carbocycles. The third kappa shape index (κ3) is 5.26. The highest BCUT2D eigenvalue weighted by Gasteiger charge is 2.31. The maximum atomic E-state index is 13.7. The van der Waals surface area contributed by atoms with Crippen LogP contribution >= 0.6 is 11.6 Å². The second-order valence-electron chi connectivity index (χ2n) is 8.16. The molecule has 1 saturated heterocycles. The van der Waals surface area contributed by atoms with Crippen molar-refractivity contribution in [3.05, 3.63) is 81.1 Å². The molecule has 33 heavy (non-hydrogen) atoms. The van der Waals surface area contributed by atoms with Gasteiger partial charge in [-0.15, -0.1) is 0 Å². The molecular weight excluding hydrogens is 440 g/mol. The fraction of sp³-hybridized carbons (Fsp3) is 0.320. The molecule has 1 fully saturated rings. The number of aromatic nitrogens is 1. The molecule has 1 aliphatic heterocycles. The van der Waals surface area contributed by atoms with Crippen LogP contribution in [-0.2, 0) is 11.2 Å². The summed E-state index contributed by atoms with van der Waals surface area (Å²) >= 11 is 5.95. The number of H-pyrrole nitrogens is 1. The SMILES string of the molecule is CCN(C(=O)C(Cc1cc(=O)[nH]c2ccccc12)NC(=O)c1ccc(Cl)cc1)N1CCCC1. The van der Waals surface area contributed by atoms with Crippen LogP contribution in [0.25, 0.3) is 10.9 Å². The van der Waals surface area contributed by atoms with E-state index >= 15 is 0 Å². The average Bonchev–Trinajstić information content (AvgIpc) is 3.34. The number of aromatic amines is 1. The van der Waals surface area contributed by atoms with E-state index in [9.17, 15) is 14.4 Å². The molecule has 0 saturated carbocycles. The van der Waals surface area contributed by atoms with E-state index < -0.39 is 6.04 Å². The topological polar surface area (TPSA) is 85.5 Å². The second kappa shape index (κ2) is 10.2. The Kier molecular flexibility index (Phi) is 7.11. The minimum Gasteiger partial charge on any atom is -0.340 e. The summed E-state index contributed by atoms with van der Waals surface area (Å²) in [6, 6.07) is 14.7. The van der Waals surface area contributed by atoms with Crippen LogP contribution in [0.1, 0.15) is 35.7 Å². The standard InChI is InChI=1S/C25H27ClN4O3/c1-2-30(29-13-5-6-14-29)25(33)22(28-24(32)17-9-11-19(26)12-10-17)15-18-16-23(31)27-21-8-4-3-7-20(18)21/h3-4,7-12,16,22H,2,5-6,13-15H2,1H3,(H,27,31)(H,28,32). The molecule has 0 bridgehead atoms. The summed E-state index contributed by atoms with van der Waals surface area (Å²) in [5.41, 5.74) is 1.58. The van der Waals surface area contributed by atoms with E-state index in [-0.39, 0.29) is 23.8 Å². The Labute approximate surface area is 197 Å². The van der Waals surface area contributed by atoms with Crippen molar-refractivity contribution >= 4 is 34.3 Å². The van der Waals surface area contributed by atoms with Gasteiger partial charge in [-0.3, -0.25) is 19.4 Å². The Hall–Kier alpha value is -3.16. The van der Waals surface area contributed by atoms with Crippen molar-refractivity contribution in [2.45, 2.75) is 32.2 Å². The van der Waals surface area contributed by atoms with Gasteiger partial charge in [0.2, 0.25) is 5.56 Å². The fourth-order valence-corrected chi connectivity index (χ4v) is 4.45. The van der Waals surface area contributed by atoms with E-state index in [1.807, 2.05) is 36.2 Å². The van der Waals surface area contributed by atoms with Crippen molar-refractivity contribution in [3.63, 3.8) is 0 Å². The molecule has 1 aliphatic rings. The number of nitrogens with one attached hydrogen (secondary N) is 2. The number of nitrogens with zero attached hydrogens (tertiary/aromatic N) is 2. The molecule has 0 radical (unpaired) electrons. The fourth-order valence-electron chi connectivity index (χ4n) is 4.33. The first-order valence-corrected chi connectivity index (χ1v) is 11.6. The number of carbonyl (C=O) groups is 2. The van der Waals surface area contributed by atoms with Gasteiger partial charge in [-0.05, 0) is 55.7 Å². The number of benzene rings is 2. The molecule has 8 heteroatoms. The molecule has 172 valence electrons. The van der Waals surface area contributed by atoms with Crippen LogP contribution in [0.5, 0.6) is 0 Å². The van der Waals surface area contributed by atoms with Crippen LogP contribution in [0.15, 0.2) is 59.4 Å². The number of carbonyl (C=O) groups excluding carboxylic acids is 2. The molecule has 4 rings (SSSR count). The number of halogens is 1. The van der Waals surface area contributed by atoms with E-state index in [0.717, 1.165) is 31.3 Å². The number of pyridine rings is 1. The largest absolute Gasteiger partial charge is 0.340 e. The summed E-state index contributed by atoms with van der Waals surface area (Å²) in [6.45, 7) is 4.05. The minimum atomic E-state index is -0.834. The highest BCUT2D eigenvalue weighted by molar-refractivity contribution is 6.30. The average molecular weight is 467 g/mol. The number of fused-ring (bicyclic) bond motifs is 1. The highest BCUT2D eigenvalue weighted by Crippen LogP contribution is 2.19. The Morgan fingerprint density at radius 1 is 1.12 bits per heavy atom. The molecule has 1 aromatic heterocycles. The lowest BCUT2D eigenvalue weighted by Crippen LogP contribution is -2.54. The molecule has 0 spiro atoms. The van der Waals surface area contributed by atoms with Crippen molar-refractivity contribution in [2.75, 3.05) is 19.6 Å². The van der Waals surface area contributed by atoms with Gasteiger partial charge in [0.1, 0.15) is 6.04 Å². The summed E-state index contributed by atoms with van der Waals surface area (Å²) in [5, 5.41) is 8.05. The van der Waals surface area contributed by atoms with Gasteiger partial charge in [0.25, 0.3) is 11.8 Å². The van der Waals surface area contributed by atoms with E-state index in [1.54, 1.807) is 29.3 Å². The summed E-state index contributed by atoms with van der Waals surface area (Å²) in [6.07, 6.45) is 2.27. The Bertz CT molecular complexity index is 1200. The molecular formula is C25H27ClN4O3. The first-order valence-electron chi connectivity index (χ1n) is 11.2. The van der Waals surface area contributed by atoms with Gasteiger partial charge in [0.15, 0.2) is 0 Å². The third-order valence-electron chi connectivity index (χ3n) is 5.95. The molecule has 2 aromatic carbocycles. The molecule has 1 unspecified atom stereocenters. The highest BCUT2D eigenvalue weighted by atomic mass is 35.5. The van der Waals surface area contributed by atoms with Gasteiger partial charge in [-0.2, -0.15) is 0 Å². The molecule has 2 heterocycles. The van der Waals surface area contributed by atoms with E-state index in [1.165, 1.54) is 6.07 Å². The van der Waals surface area contributed by atoms with Crippen molar-refractivity contribution in [1.82, 2.24) is 20.3 Å². The van der Waals surface area contributed by atoms with Crippen LogP contribution in [0.3, 0.4) is 0 Å². The van der Waals surface area contributed by atoms with Crippen LogP contribution in [0.2, 0.25) is 5.02 Å². The van der Waals surface area contributed by atoms with Crippen molar-refractivity contribution in [3.8, 4) is 0 Å². The van der Waals surface area contributed by atoms with E-state index in [4.69, 9.17) is 11.6 Å². The van der Waals surface area contributed by atoms with Crippen LogP contribution in [0.4, 0.5) is 0 Å². The molecule has 2 N–H and O–H groups in total. The minimum absolute atomic E-state index is 0.189. The van der Waals surface area contributed by atoms with Crippen LogP contribution in [-0.4, -0.2) is 52.5 Å². The summed E-state index contributed by atoms with van der Waals surface area (Å²) in [7, 11) is 0. The van der Waals surface area contributed by atoms with Crippen LogP contribution < -0.4 is 10.9 Å². The van der Waals surface area contributed by atoms with Gasteiger partial charge >= 0.3 is 0 Å².